The van der Waals surface area contributed by atoms with E-state index in [1.165, 1.54) is 6.42 Å². The van der Waals surface area contributed by atoms with E-state index in [1.54, 1.807) is 12.0 Å². The summed E-state index contributed by atoms with van der Waals surface area (Å²) in [6, 6.07) is 15.6. The lowest BCUT2D eigenvalue weighted by Crippen LogP contribution is -2.63. The number of hydrogen-bond donors (Lipinski definition) is 1. The second kappa shape index (κ2) is 11.3. The molecule has 2 aromatic carbocycles. The van der Waals surface area contributed by atoms with Crippen LogP contribution in [0.15, 0.2) is 53.0 Å². The molecule has 0 aliphatic carbocycles. The number of rotatable bonds is 8. The van der Waals surface area contributed by atoms with E-state index < -0.39 is 5.54 Å². The molecule has 0 unspecified atom stereocenters. The van der Waals surface area contributed by atoms with Crippen molar-refractivity contribution in [1.82, 2.24) is 19.7 Å². The lowest BCUT2D eigenvalue weighted by molar-refractivity contribution is -0.133. The van der Waals surface area contributed by atoms with Crippen LogP contribution in [0, 0.1) is 11.8 Å². The fourth-order valence-corrected chi connectivity index (χ4v) is 6.78. The molecule has 1 fully saturated rings. The first-order valence-corrected chi connectivity index (χ1v) is 14.7. The fourth-order valence-electron chi connectivity index (χ4n) is 6.37. The average molecular weight is 596 g/mol. The molecule has 3 atom stereocenters. The number of fused-ring (bicyclic) bond motifs is 3. The second-order valence-electron chi connectivity index (χ2n) is 11.6. The molecular formula is C31H39BrN4O3. The van der Waals surface area contributed by atoms with Gasteiger partial charge in [0.1, 0.15) is 17.0 Å². The van der Waals surface area contributed by atoms with Crippen molar-refractivity contribution in [3.63, 3.8) is 0 Å². The third-order valence-electron chi connectivity index (χ3n) is 8.29. The predicted molar refractivity (Wildman–Crippen MR) is 158 cm³/mol. The van der Waals surface area contributed by atoms with Crippen molar-refractivity contribution in [2.45, 2.75) is 52.2 Å². The standard InChI is InChI=1S/C31H39BrN4O3/c1-21-14-22(2)18-34(17-21)13-7-12-33-30(38)31(3)20-35-27-16-25(39-4)11-10-23(27)15-28(35)29(37)36(31)19-24-8-5-6-9-26(24)32/h5-6,8-11,15-16,21-22H,7,12-14,17-20H2,1-4H3,(H,33,38)/t21-,22+,31-/m0/s1. The minimum absolute atomic E-state index is 0.126. The first-order chi connectivity index (χ1) is 18.7. The number of benzene rings is 2. The number of likely N-dealkylation sites (tertiary alicyclic amines) is 1. The van der Waals surface area contributed by atoms with Gasteiger partial charge in [0.05, 0.1) is 19.2 Å². The lowest BCUT2D eigenvalue weighted by Gasteiger charge is -2.44. The number of piperidine rings is 1. The smallest absolute Gasteiger partial charge is 0.271 e. The number of amides is 2. The van der Waals surface area contributed by atoms with Gasteiger partial charge >= 0.3 is 0 Å². The van der Waals surface area contributed by atoms with Crippen LogP contribution in [0.1, 0.15) is 49.7 Å². The molecule has 2 amide bonds. The van der Waals surface area contributed by atoms with Gasteiger partial charge in [0.15, 0.2) is 0 Å². The van der Waals surface area contributed by atoms with E-state index in [-0.39, 0.29) is 11.8 Å². The van der Waals surface area contributed by atoms with Crippen molar-refractivity contribution in [3.8, 4) is 5.75 Å². The van der Waals surface area contributed by atoms with Gasteiger partial charge in [0.25, 0.3) is 5.91 Å². The molecular weight excluding hydrogens is 556 g/mol. The zero-order valence-electron chi connectivity index (χ0n) is 23.4. The Balaban J connectivity index is 1.39. The summed E-state index contributed by atoms with van der Waals surface area (Å²) in [5, 5.41) is 4.14. The van der Waals surface area contributed by atoms with Gasteiger partial charge in [0.2, 0.25) is 5.91 Å². The average Bonchev–Trinajstić information content (AvgIpc) is 3.26. The molecule has 0 spiro atoms. The molecule has 2 aliphatic heterocycles. The molecule has 3 aromatic rings. The van der Waals surface area contributed by atoms with Gasteiger partial charge in [-0.15, -0.1) is 0 Å². The summed E-state index contributed by atoms with van der Waals surface area (Å²) in [6.45, 7) is 11.0. The Morgan fingerprint density at radius 3 is 2.59 bits per heavy atom. The Bertz CT molecular complexity index is 1360. The number of carbonyl (C=O) groups excluding carboxylic acids is 2. The van der Waals surface area contributed by atoms with Gasteiger partial charge in [-0.3, -0.25) is 9.59 Å². The summed E-state index contributed by atoms with van der Waals surface area (Å²) in [5.74, 6) is 1.87. The van der Waals surface area contributed by atoms with E-state index >= 15 is 0 Å². The highest BCUT2D eigenvalue weighted by molar-refractivity contribution is 9.10. The first kappa shape index (κ1) is 27.7. The molecule has 0 saturated carbocycles. The zero-order valence-corrected chi connectivity index (χ0v) is 25.0. The number of nitrogens with zero attached hydrogens (tertiary/aromatic N) is 3. The van der Waals surface area contributed by atoms with E-state index in [1.807, 2.05) is 60.0 Å². The van der Waals surface area contributed by atoms with Crippen molar-refractivity contribution >= 4 is 38.6 Å². The highest BCUT2D eigenvalue weighted by Gasteiger charge is 2.47. The molecule has 8 heteroatoms. The summed E-state index contributed by atoms with van der Waals surface area (Å²) < 4.78 is 8.35. The fraction of sp³-hybridized carbons (Fsp3) is 0.484. The first-order valence-electron chi connectivity index (χ1n) is 13.9. The van der Waals surface area contributed by atoms with Crippen molar-refractivity contribution in [3.05, 3.63) is 64.3 Å². The van der Waals surface area contributed by atoms with Gasteiger partial charge in [-0.05, 0) is 68.0 Å². The van der Waals surface area contributed by atoms with Crippen LogP contribution in [-0.2, 0) is 17.9 Å². The Morgan fingerprint density at radius 1 is 1.13 bits per heavy atom. The number of nitrogens with one attached hydrogen (secondary N) is 1. The molecule has 208 valence electrons. The summed E-state index contributed by atoms with van der Waals surface area (Å²) in [7, 11) is 1.63. The predicted octanol–water partition coefficient (Wildman–Crippen LogP) is 5.31. The van der Waals surface area contributed by atoms with Crippen LogP contribution >= 0.6 is 15.9 Å². The molecule has 7 nitrogen and oxygen atoms in total. The van der Waals surface area contributed by atoms with Gasteiger partial charge in [0, 0.05) is 42.1 Å². The Kier molecular flexibility index (Phi) is 8.06. The number of aromatic nitrogens is 1. The quantitative estimate of drug-likeness (QED) is 0.359. The highest BCUT2D eigenvalue weighted by atomic mass is 79.9. The van der Waals surface area contributed by atoms with Gasteiger partial charge in [-0.2, -0.15) is 0 Å². The van der Waals surface area contributed by atoms with Gasteiger partial charge in [-0.25, -0.2) is 0 Å². The number of methoxy groups -OCH3 is 1. The van der Waals surface area contributed by atoms with Gasteiger partial charge in [-0.1, -0.05) is 48.0 Å². The molecule has 3 heterocycles. The van der Waals surface area contributed by atoms with Crippen LogP contribution in [0.4, 0.5) is 0 Å². The van der Waals surface area contributed by atoms with Crippen molar-refractivity contribution < 1.29 is 14.3 Å². The van der Waals surface area contributed by atoms with Crippen molar-refractivity contribution in [2.75, 3.05) is 33.3 Å². The summed E-state index contributed by atoms with van der Waals surface area (Å²) >= 11 is 3.63. The Morgan fingerprint density at radius 2 is 1.87 bits per heavy atom. The maximum atomic E-state index is 14.0. The normalized spacial score (nSPS) is 23.6. The molecule has 0 bridgehead atoms. The number of carbonyl (C=O) groups is 2. The lowest BCUT2D eigenvalue weighted by atomic mass is 9.92. The maximum Gasteiger partial charge on any atom is 0.271 e. The monoisotopic (exact) mass is 594 g/mol. The van der Waals surface area contributed by atoms with Gasteiger partial charge < -0.3 is 24.4 Å². The van der Waals surface area contributed by atoms with E-state index in [9.17, 15) is 9.59 Å². The second-order valence-corrected chi connectivity index (χ2v) is 12.5. The molecule has 39 heavy (non-hydrogen) atoms. The summed E-state index contributed by atoms with van der Waals surface area (Å²) in [5.41, 5.74) is 1.38. The SMILES string of the molecule is COc1ccc2cc3n(c2c1)C[C@@](C)(C(=O)NCCCN1C[C@H](C)C[C@H](C)C1)N(Cc1ccccc1Br)C3=O. The minimum atomic E-state index is -1.07. The Labute approximate surface area is 239 Å². The van der Waals surface area contributed by atoms with E-state index in [0.29, 0.717) is 37.2 Å². The maximum absolute atomic E-state index is 14.0. The van der Waals surface area contributed by atoms with Crippen LogP contribution in [0.2, 0.25) is 0 Å². The van der Waals surface area contributed by atoms with Crippen LogP contribution in [0.3, 0.4) is 0 Å². The van der Waals surface area contributed by atoms with E-state index in [2.05, 4.69) is 40.0 Å². The van der Waals surface area contributed by atoms with Crippen molar-refractivity contribution in [2.24, 2.45) is 11.8 Å². The molecule has 2 aliphatic rings. The number of hydrogen-bond acceptors (Lipinski definition) is 4. The van der Waals surface area contributed by atoms with Crippen LogP contribution in [0.5, 0.6) is 5.75 Å². The van der Waals surface area contributed by atoms with E-state index in [4.69, 9.17) is 4.74 Å². The minimum Gasteiger partial charge on any atom is -0.497 e. The van der Waals surface area contributed by atoms with Crippen LogP contribution in [-0.4, -0.2) is 65.0 Å². The largest absolute Gasteiger partial charge is 0.497 e. The third-order valence-corrected chi connectivity index (χ3v) is 9.07. The number of ether oxygens (including phenoxy) is 1. The number of halogens is 1. The van der Waals surface area contributed by atoms with Crippen molar-refractivity contribution in [1.29, 1.82) is 0 Å². The summed E-state index contributed by atoms with van der Waals surface area (Å²) in [4.78, 5) is 32.2. The highest BCUT2D eigenvalue weighted by Crippen LogP contribution is 2.35. The molecule has 1 aromatic heterocycles. The van der Waals surface area contributed by atoms with E-state index in [0.717, 1.165) is 52.7 Å². The summed E-state index contributed by atoms with van der Waals surface area (Å²) in [6.07, 6.45) is 2.17. The third kappa shape index (κ3) is 5.59. The molecule has 1 saturated heterocycles. The molecule has 1 N–H and O–H groups in total. The van der Waals surface area contributed by atoms with Crippen LogP contribution < -0.4 is 10.1 Å². The van der Waals surface area contributed by atoms with Crippen LogP contribution in [0.25, 0.3) is 10.9 Å². The molecule has 0 radical (unpaired) electrons. The Hall–Kier alpha value is -2.84. The zero-order chi connectivity index (χ0) is 27.7. The topological polar surface area (TPSA) is 66.8 Å². The molecule has 5 rings (SSSR count).